The standard InChI is InChI=1S/C22H32N6O/c23-16-3-5-17(6-4-16)26-22-24-10-7-20(27-22)19-14-25-28(18-8-11-29-12-9-18)21(19)13-15-1-2-15/h7,10,14-18H,1-6,8-9,11-13,23H2,(H,24,26,27). The monoisotopic (exact) mass is 396 g/mol. The molecule has 2 aromatic heterocycles. The molecule has 1 saturated heterocycles. The van der Waals surface area contributed by atoms with E-state index in [1.807, 2.05) is 18.5 Å². The van der Waals surface area contributed by atoms with Crippen molar-refractivity contribution < 1.29 is 4.74 Å². The summed E-state index contributed by atoms with van der Waals surface area (Å²) < 4.78 is 7.83. The van der Waals surface area contributed by atoms with E-state index in [2.05, 4.69) is 15.0 Å². The number of aromatic nitrogens is 4. The summed E-state index contributed by atoms with van der Waals surface area (Å²) in [5.41, 5.74) is 9.52. The van der Waals surface area contributed by atoms with Crippen molar-refractivity contribution in [3.63, 3.8) is 0 Å². The second-order valence-electron chi connectivity index (χ2n) is 8.96. The lowest BCUT2D eigenvalue weighted by Crippen LogP contribution is -2.33. The third-order valence-corrected chi connectivity index (χ3v) is 6.65. The number of anilines is 1. The van der Waals surface area contributed by atoms with Gasteiger partial charge in [-0.25, -0.2) is 9.97 Å². The number of nitrogens with one attached hydrogen (secondary N) is 1. The molecule has 2 aliphatic carbocycles. The summed E-state index contributed by atoms with van der Waals surface area (Å²) >= 11 is 0. The fourth-order valence-corrected chi connectivity index (χ4v) is 4.67. The Hall–Kier alpha value is -1.99. The number of hydrogen-bond acceptors (Lipinski definition) is 6. The van der Waals surface area contributed by atoms with Crippen molar-refractivity contribution in [1.29, 1.82) is 0 Å². The van der Waals surface area contributed by atoms with E-state index in [1.165, 1.54) is 24.1 Å². The first-order valence-electron chi connectivity index (χ1n) is 11.3. The molecule has 3 heterocycles. The number of nitrogens with zero attached hydrogens (tertiary/aromatic N) is 4. The average Bonchev–Trinajstić information content (AvgIpc) is 3.48. The van der Waals surface area contributed by atoms with Gasteiger partial charge < -0.3 is 15.8 Å². The average molecular weight is 397 g/mol. The number of hydrogen-bond donors (Lipinski definition) is 2. The molecule has 0 bridgehead atoms. The van der Waals surface area contributed by atoms with Crippen LogP contribution in [0.25, 0.3) is 11.3 Å². The Bertz CT molecular complexity index is 818. The first-order valence-corrected chi connectivity index (χ1v) is 11.3. The van der Waals surface area contributed by atoms with E-state index in [-0.39, 0.29) is 0 Å². The minimum Gasteiger partial charge on any atom is -0.381 e. The van der Waals surface area contributed by atoms with Crippen LogP contribution in [0.4, 0.5) is 5.95 Å². The van der Waals surface area contributed by atoms with Gasteiger partial charge >= 0.3 is 0 Å². The van der Waals surface area contributed by atoms with Gasteiger partial charge in [0.2, 0.25) is 5.95 Å². The summed E-state index contributed by atoms with van der Waals surface area (Å²) in [6, 6.07) is 3.23. The zero-order valence-corrected chi connectivity index (χ0v) is 17.1. The van der Waals surface area contributed by atoms with Gasteiger partial charge in [-0.1, -0.05) is 0 Å². The van der Waals surface area contributed by atoms with Gasteiger partial charge in [0.1, 0.15) is 0 Å². The third-order valence-electron chi connectivity index (χ3n) is 6.65. The number of rotatable bonds is 6. The van der Waals surface area contributed by atoms with E-state index in [0.29, 0.717) is 18.1 Å². The van der Waals surface area contributed by atoms with Crippen LogP contribution in [0.3, 0.4) is 0 Å². The topological polar surface area (TPSA) is 90.9 Å². The maximum Gasteiger partial charge on any atom is 0.223 e. The van der Waals surface area contributed by atoms with Crippen molar-refractivity contribution >= 4 is 5.95 Å². The molecule has 0 amide bonds. The Labute approximate surface area is 172 Å². The molecule has 0 spiro atoms. The van der Waals surface area contributed by atoms with Crippen LogP contribution in [0.15, 0.2) is 18.5 Å². The highest BCUT2D eigenvalue weighted by atomic mass is 16.5. The predicted molar refractivity (Wildman–Crippen MR) is 113 cm³/mol. The van der Waals surface area contributed by atoms with Crippen molar-refractivity contribution in [1.82, 2.24) is 19.7 Å². The molecule has 0 atom stereocenters. The van der Waals surface area contributed by atoms with E-state index in [9.17, 15) is 0 Å². The SMILES string of the molecule is NC1CCC(Nc2nccc(-c3cnn(C4CCOCC4)c3CC3CC3)n2)CC1. The molecule has 3 N–H and O–H groups in total. The van der Waals surface area contributed by atoms with Crippen LogP contribution in [0, 0.1) is 5.92 Å². The van der Waals surface area contributed by atoms with Crippen molar-refractivity contribution in [2.24, 2.45) is 11.7 Å². The van der Waals surface area contributed by atoms with Gasteiger partial charge in [-0.3, -0.25) is 4.68 Å². The highest BCUT2D eigenvalue weighted by Crippen LogP contribution is 2.37. The van der Waals surface area contributed by atoms with Crippen molar-refractivity contribution in [2.45, 2.75) is 75.9 Å². The minimum atomic E-state index is 0.348. The molecule has 2 aromatic rings. The normalized spacial score (nSPS) is 25.8. The van der Waals surface area contributed by atoms with E-state index >= 15 is 0 Å². The summed E-state index contributed by atoms with van der Waals surface area (Å²) in [6.07, 6.45) is 14.0. The van der Waals surface area contributed by atoms with Crippen molar-refractivity contribution in [3.8, 4) is 11.3 Å². The predicted octanol–water partition coefficient (Wildman–Crippen LogP) is 3.33. The second kappa shape index (κ2) is 8.40. The fraction of sp³-hybridized carbons (Fsp3) is 0.682. The van der Waals surface area contributed by atoms with Crippen molar-refractivity contribution in [2.75, 3.05) is 18.5 Å². The van der Waals surface area contributed by atoms with E-state index in [0.717, 1.165) is 75.7 Å². The summed E-state index contributed by atoms with van der Waals surface area (Å²) in [4.78, 5) is 9.35. The molecule has 3 fully saturated rings. The molecule has 29 heavy (non-hydrogen) atoms. The number of nitrogens with two attached hydrogens (primary N) is 1. The molecule has 7 nitrogen and oxygen atoms in total. The molecule has 156 valence electrons. The lowest BCUT2D eigenvalue weighted by molar-refractivity contribution is 0.0654. The highest BCUT2D eigenvalue weighted by molar-refractivity contribution is 5.62. The summed E-state index contributed by atoms with van der Waals surface area (Å²) in [5.74, 6) is 1.52. The van der Waals surface area contributed by atoms with Crippen LogP contribution < -0.4 is 11.1 Å². The van der Waals surface area contributed by atoms with Gasteiger partial charge in [-0.2, -0.15) is 5.10 Å². The molecular formula is C22H32N6O. The molecule has 0 aromatic carbocycles. The molecule has 0 unspecified atom stereocenters. The zero-order valence-electron chi connectivity index (χ0n) is 17.1. The number of ether oxygens (including phenoxy) is 1. The van der Waals surface area contributed by atoms with Gasteiger partial charge in [0, 0.05) is 42.8 Å². The minimum absolute atomic E-state index is 0.348. The molecular weight excluding hydrogens is 364 g/mol. The summed E-state index contributed by atoms with van der Waals surface area (Å²) in [5, 5.41) is 8.35. The molecule has 5 rings (SSSR count). The molecule has 2 saturated carbocycles. The smallest absolute Gasteiger partial charge is 0.223 e. The van der Waals surface area contributed by atoms with Gasteiger partial charge in [-0.05, 0) is 69.8 Å². The van der Waals surface area contributed by atoms with Gasteiger partial charge in [0.15, 0.2) is 0 Å². The van der Waals surface area contributed by atoms with Crippen LogP contribution in [0.2, 0.25) is 0 Å². The second-order valence-corrected chi connectivity index (χ2v) is 8.96. The summed E-state index contributed by atoms with van der Waals surface area (Å²) in [6.45, 7) is 1.66. The Morgan fingerprint density at radius 1 is 1.07 bits per heavy atom. The molecule has 0 radical (unpaired) electrons. The Kier molecular flexibility index (Phi) is 5.50. The van der Waals surface area contributed by atoms with Crippen LogP contribution in [-0.4, -0.2) is 45.0 Å². The van der Waals surface area contributed by atoms with Crippen molar-refractivity contribution in [3.05, 3.63) is 24.2 Å². The first kappa shape index (κ1) is 19.0. The Morgan fingerprint density at radius 2 is 1.86 bits per heavy atom. The molecule has 7 heteroatoms. The molecule has 3 aliphatic rings. The maximum absolute atomic E-state index is 6.04. The van der Waals surface area contributed by atoms with Gasteiger partial charge in [0.05, 0.1) is 17.9 Å². The van der Waals surface area contributed by atoms with E-state index in [4.69, 9.17) is 20.6 Å². The highest BCUT2D eigenvalue weighted by Gasteiger charge is 2.29. The summed E-state index contributed by atoms with van der Waals surface area (Å²) in [7, 11) is 0. The zero-order chi connectivity index (χ0) is 19.6. The van der Waals surface area contributed by atoms with E-state index < -0.39 is 0 Å². The van der Waals surface area contributed by atoms with Crippen LogP contribution in [0.5, 0.6) is 0 Å². The largest absolute Gasteiger partial charge is 0.381 e. The van der Waals surface area contributed by atoms with E-state index in [1.54, 1.807) is 0 Å². The maximum atomic E-state index is 6.04. The lowest BCUT2D eigenvalue weighted by Gasteiger charge is -2.26. The van der Waals surface area contributed by atoms with Crippen LogP contribution in [0.1, 0.15) is 63.1 Å². The van der Waals surface area contributed by atoms with Gasteiger partial charge in [-0.15, -0.1) is 0 Å². The third kappa shape index (κ3) is 4.46. The van der Waals surface area contributed by atoms with Crippen LogP contribution in [-0.2, 0) is 11.2 Å². The quantitative estimate of drug-likeness (QED) is 0.778. The Balaban J connectivity index is 1.39. The lowest BCUT2D eigenvalue weighted by atomic mass is 9.92. The first-order chi connectivity index (χ1) is 14.3. The fourth-order valence-electron chi connectivity index (χ4n) is 4.67. The van der Waals surface area contributed by atoms with Crippen LogP contribution >= 0.6 is 0 Å². The van der Waals surface area contributed by atoms with Gasteiger partial charge in [0.25, 0.3) is 0 Å². The Morgan fingerprint density at radius 3 is 2.62 bits per heavy atom. The molecule has 1 aliphatic heterocycles.